The van der Waals surface area contributed by atoms with Crippen LogP contribution >= 0.6 is 0 Å². The molecule has 0 heterocycles. The quantitative estimate of drug-likeness (QED) is 0.358. The fourth-order valence-electron chi connectivity index (χ4n) is 1.83. The molecule has 0 bridgehead atoms. The predicted octanol–water partition coefficient (Wildman–Crippen LogP) is 2.04. The summed E-state index contributed by atoms with van der Waals surface area (Å²) < 4.78 is 4.16. The lowest BCUT2D eigenvalue weighted by atomic mass is 10.1. The maximum Gasteiger partial charge on any atom is 0.329 e. The van der Waals surface area contributed by atoms with E-state index in [4.69, 9.17) is 20.4 Å². The van der Waals surface area contributed by atoms with Crippen LogP contribution in [0.2, 0.25) is 0 Å². The smallest absolute Gasteiger partial charge is 0.329 e. The Hall–Kier alpha value is -1.18. The van der Waals surface area contributed by atoms with Gasteiger partial charge in [-0.1, -0.05) is 58.3 Å². The molecule has 1 unspecified atom stereocenters. The van der Waals surface area contributed by atoms with Gasteiger partial charge in [-0.3, -0.25) is 0 Å². The fourth-order valence-corrected chi connectivity index (χ4v) is 1.83. The van der Waals surface area contributed by atoms with Crippen LogP contribution < -0.4 is 0 Å². The maximum absolute atomic E-state index is 9.66. The normalized spacial score (nSPS) is 11.4. The molecular weight excluding hydrogens is 304 g/mol. The predicted molar refractivity (Wildman–Crippen MR) is 86.4 cm³/mol. The van der Waals surface area contributed by atoms with Gasteiger partial charge in [-0.05, 0) is 6.42 Å². The zero-order chi connectivity index (χ0) is 17.9. The Kier molecular flexibility index (Phi) is 19.8. The monoisotopic (exact) mass is 336 g/mol. The van der Waals surface area contributed by atoms with Gasteiger partial charge >= 0.3 is 11.9 Å². The molecule has 0 aliphatic rings. The first-order valence-electron chi connectivity index (χ1n) is 8.24. The summed E-state index contributed by atoms with van der Waals surface area (Å²) >= 11 is 0. The Morgan fingerprint density at radius 3 is 1.70 bits per heavy atom. The summed E-state index contributed by atoms with van der Waals surface area (Å²) in [5.41, 5.74) is 0. The molecule has 23 heavy (non-hydrogen) atoms. The van der Waals surface area contributed by atoms with Crippen LogP contribution in [0, 0.1) is 0 Å². The highest BCUT2D eigenvalue weighted by Crippen LogP contribution is 2.10. The second-order valence-electron chi connectivity index (χ2n) is 5.38. The van der Waals surface area contributed by atoms with Gasteiger partial charge in [0, 0.05) is 0 Å². The van der Waals surface area contributed by atoms with E-state index in [1.165, 1.54) is 44.9 Å². The number of carboxylic acid groups (broad SMARTS) is 2. The van der Waals surface area contributed by atoms with E-state index in [0.717, 1.165) is 12.8 Å². The average molecular weight is 336 g/mol. The third-order valence-corrected chi connectivity index (χ3v) is 3.05. The first-order valence-corrected chi connectivity index (χ1v) is 8.24. The highest BCUT2D eigenvalue weighted by Gasteiger charge is 2.00. The highest BCUT2D eigenvalue weighted by atomic mass is 16.5. The highest BCUT2D eigenvalue weighted by molar-refractivity contribution is 5.70. The molecule has 0 amide bonds. The van der Waals surface area contributed by atoms with Gasteiger partial charge in [0.25, 0.3) is 0 Å². The lowest BCUT2D eigenvalue weighted by Gasteiger charge is -2.06. The van der Waals surface area contributed by atoms with E-state index in [2.05, 4.69) is 11.7 Å². The molecule has 0 aromatic rings. The summed E-state index contributed by atoms with van der Waals surface area (Å²) in [7, 11) is 0. The van der Waals surface area contributed by atoms with Crippen molar-refractivity contribution in [1.82, 2.24) is 0 Å². The third kappa shape index (κ3) is 26.1. The van der Waals surface area contributed by atoms with Crippen molar-refractivity contribution in [1.29, 1.82) is 0 Å². The van der Waals surface area contributed by atoms with Crippen LogP contribution in [0.3, 0.4) is 0 Å². The summed E-state index contributed by atoms with van der Waals surface area (Å²) in [5.74, 6) is -2.34. The molecule has 138 valence electrons. The molecule has 0 aliphatic heterocycles. The molecule has 0 aromatic heterocycles. The fraction of sp³-hybridized carbons (Fsp3) is 0.875. The number of rotatable bonds is 14. The SMILES string of the molecule is CCCCCCCCCCC(O)CO.O=C(O)COCC(=O)O. The van der Waals surface area contributed by atoms with Crippen molar-refractivity contribution in [2.45, 2.75) is 70.8 Å². The molecule has 0 saturated heterocycles. The molecule has 0 aliphatic carbocycles. The van der Waals surface area contributed by atoms with E-state index in [1.54, 1.807) is 0 Å². The zero-order valence-corrected chi connectivity index (χ0v) is 14.1. The molecule has 1 atom stereocenters. The standard InChI is InChI=1S/C12H26O2.C4H6O5/c1-2-3-4-5-6-7-8-9-10-12(14)11-13;5-3(6)1-9-2-4(7)8/h12-14H,2-11H2,1H3;1-2H2,(H,5,6)(H,7,8). The summed E-state index contributed by atoms with van der Waals surface area (Å²) in [6.45, 7) is 1.02. The van der Waals surface area contributed by atoms with Crippen molar-refractivity contribution in [2.24, 2.45) is 0 Å². The topological polar surface area (TPSA) is 124 Å². The molecule has 0 saturated carbocycles. The van der Waals surface area contributed by atoms with Crippen molar-refractivity contribution in [3.8, 4) is 0 Å². The van der Waals surface area contributed by atoms with Crippen molar-refractivity contribution in [3.63, 3.8) is 0 Å². The van der Waals surface area contributed by atoms with Gasteiger partial charge in [0.1, 0.15) is 13.2 Å². The minimum Gasteiger partial charge on any atom is -0.480 e. The lowest BCUT2D eigenvalue weighted by Crippen LogP contribution is -2.13. The summed E-state index contributed by atoms with van der Waals surface area (Å²) in [4.78, 5) is 19.3. The first-order chi connectivity index (χ1) is 10.9. The number of aliphatic hydroxyl groups excluding tert-OH is 2. The van der Waals surface area contributed by atoms with Crippen LogP contribution in [0.4, 0.5) is 0 Å². The van der Waals surface area contributed by atoms with Gasteiger partial charge in [0.15, 0.2) is 0 Å². The average Bonchev–Trinajstić information content (AvgIpc) is 2.49. The van der Waals surface area contributed by atoms with Gasteiger partial charge in [0.2, 0.25) is 0 Å². The number of ether oxygens (including phenoxy) is 1. The molecule has 0 fully saturated rings. The van der Waals surface area contributed by atoms with Gasteiger partial charge in [-0.2, -0.15) is 0 Å². The van der Waals surface area contributed by atoms with Crippen molar-refractivity contribution < 1.29 is 34.8 Å². The minimum atomic E-state index is -1.17. The van der Waals surface area contributed by atoms with Crippen LogP contribution in [0.15, 0.2) is 0 Å². The second-order valence-corrected chi connectivity index (χ2v) is 5.38. The van der Waals surface area contributed by atoms with Crippen LogP contribution in [-0.2, 0) is 14.3 Å². The van der Waals surface area contributed by atoms with Crippen LogP contribution in [0.1, 0.15) is 64.7 Å². The van der Waals surface area contributed by atoms with E-state index in [-0.39, 0.29) is 6.61 Å². The van der Waals surface area contributed by atoms with Crippen molar-refractivity contribution >= 4 is 11.9 Å². The molecule has 0 rings (SSSR count). The van der Waals surface area contributed by atoms with Gasteiger partial charge in [0.05, 0.1) is 12.7 Å². The Labute approximate surface area is 138 Å². The minimum absolute atomic E-state index is 0.0868. The van der Waals surface area contributed by atoms with E-state index < -0.39 is 31.3 Å². The number of aliphatic hydroxyl groups is 2. The molecular formula is C16H32O7. The third-order valence-electron chi connectivity index (χ3n) is 3.05. The number of aliphatic carboxylic acids is 2. The zero-order valence-electron chi connectivity index (χ0n) is 14.1. The molecule has 7 heteroatoms. The lowest BCUT2D eigenvalue weighted by molar-refractivity contribution is -0.148. The van der Waals surface area contributed by atoms with Crippen LogP contribution in [-0.4, -0.2) is 58.3 Å². The van der Waals surface area contributed by atoms with Crippen LogP contribution in [0.5, 0.6) is 0 Å². The summed E-state index contributed by atoms with van der Waals surface area (Å²) in [5, 5.41) is 33.5. The number of carbonyl (C=O) groups is 2. The molecule has 0 radical (unpaired) electrons. The van der Waals surface area contributed by atoms with E-state index in [1.807, 2.05) is 0 Å². The molecule has 4 N–H and O–H groups in total. The molecule has 0 spiro atoms. The summed E-state index contributed by atoms with van der Waals surface area (Å²) in [6, 6.07) is 0. The number of hydrogen-bond donors (Lipinski definition) is 4. The van der Waals surface area contributed by atoms with E-state index >= 15 is 0 Å². The Morgan fingerprint density at radius 1 is 0.870 bits per heavy atom. The largest absolute Gasteiger partial charge is 0.480 e. The number of carboxylic acids is 2. The van der Waals surface area contributed by atoms with E-state index in [9.17, 15) is 9.59 Å². The first kappa shape index (κ1) is 24.1. The van der Waals surface area contributed by atoms with Gasteiger partial charge in [-0.25, -0.2) is 9.59 Å². The molecule has 0 aromatic carbocycles. The van der Waals surface area contributed by atoms with Crippen molar-refractivity contribution in [2.75, 3.05) is 19.8 Å². The van der Waals surface area contributed by atoms with Crippen LogP contribution in [0.25, 0.3) is 0 Å². The second kappa shape index (κ2) is 18.9. The van der Waals surface area contributed by atoms with Gasteiger partial charge < -0.3 is 25.2 Å². The molecule has 7 nitrogen and oxygen atoms in total. The Balaban J connectivity index is 0. The maximum atomic E-state index is 9.66. The van der Waals surface area contributed by atoms with Gasteiger partial charge in [-0.15, -0.1) is 0 Å². The Bertz CT molecular complexity index is 268. The number of hydrogen-bond acceptors (Lipinski definition) is 5. The van der Waals surface area contributed by atoms with Crippen molar-refractivity contribution in [3.05, 3.63) is 0 Å². The number of unbranched alkanes of at least 4 members (excludes halogenated alkanes) is 7. The summed E-state index contributed by atoms with van der Waals surface area (Å²) in [6.07, 6.45) is 10.5. The Morgan fingerprint density at radius 2 is 1.30 bits per heavy atom. The van der Waals surface area contributed by atoms with E-state index in [0.29, 0.717) is 0 Å².